The molecule has 0 radical (unpaired) electrons. The predicted molar refractivity (Wildman–Crippen MR) is 78.3 cm³/mol. The molecule has 2 aromatic heterocycles. The van der Waals surface area contributed by atoms with Crippen LogP contribution in [-0.2, 0) is 13.5 Å². The lowest BCUT2D eigenvalue weighted by Gasteiger charge is -2.35. The Bertz CT molecular complexity index is 536. The van der Waals surface area contributed by atoms with Gasteiger partial charge in [0, 0.05) is 58.0 Å². The van der Waals surface area contributed by atoms with Crippen LogP contribution in [0, 0.1) is 0 Å². The van der Waals surface area contributed by atoms with Crippen molar-refractivity contribution in [1.29, 1.82) is 0 Å². The Balaban J connectivity index is 1.68. The van der Waals surface area contributed by atoms with Crippen LogP contribution in [0.5, 0.6) is 0 Å². The smallest absolute Gasteiger partial charge is 0.127 e. The van der Waals surface area contributed by atoms with Crippen molar-refractivity contribution in [3.05, 3.63) is 48.3 Å². The first-order valence-electron chi connectivity index (χ1n) is 7.15. The Morgan fingerprint density at radius 3 is 3.10 bits per heavy atom. The van der Waals surface area contributed by atoms with Gasteiger partial charge in [0.05, 0.1) is 6.04 Å². The third-order valence-electron chi connectivity index (χ3n) is 3.92. The van der Waals surface area contributed by atoms with Crippen LogP contribution in [0.4, 0.5) is 0 Å². The lowest BCUT2D eigenvalue weighted by Crippen LogP contribution is -2.47. The van der Waals surface area contributed by atoms with Crippen molar-refractivity contribution in [1.82, 2.24) is 24.8 Å². The van der Waals surface area contributed by atoms with E-state index in [1.165, 1.54) is 5.56 Å². The van der Waals surface area contributed by atoms with Crippen LogP contribution in [0.1, 0.15) is 17.4 Å². The van der Waals surface area contributed by atoms with E-state index in [-0.39, 0.29) is 0 Å². The number of hydrogen-bond acceptors (Lipinski definition) is 4. The first kappa shape index (κ1) is 13.3. The Morgan fingerprint density at radius 2 is 2.35 bits per heavy atom. The quantitative estimate of drug-likeness (QED) is 0.901. The SMILES string of the molecule is Cn1ccnc1C1CNCCN1CCc1cccnc1. The predicted octanol–water partition coefficient (Wildman–Crippen LogP) is 1.00. The Kier molecular flexibility index (Phi) is 4.08. The second-order valence-corrected chi connectivity index (χ2v) is 5.26. The van der Waals surface area contributed by atoms with E-state index in [1.54, 1.807) is 0 Å². The first-order valence-corrected chi connectivity index (χ1v) is 7.15. The minimum Gasteiger partial charge on any atom is -0.337 e. The summed E-state index contributed by atoms with van der Waals surface area (Å²) in [5.74, 6) is 1.14. The summed E-state index contributed by atoms with van der Waals surface area (Å²) in [6.07, 6.45) is 8.71. The van der Waals surface area contributed by atoms with Crippen molar-refractivity contribution in [3.63, 3.8) is 0 Å². The topological polar surface area (TPSA) is 46.0 Å². The summed E-state index contributed by atoms with van der Waals surface area (Å²) < 4.78 is 2.12. The van der Waals surface area contributed by atoms with E-state index in [0.717, 1.165) is 38.4 Å². The summed E-state index contributed by atoms with van der Waals surface area (Å²) in [7, 11) is 2.07. The molecule has 1 aliphatic heterocycles. The second kappa shape index (κ2) is 6.15. The lowest BCUT2D eigenvalue weighted by atomic mass is 10.1. The zero-order valence-corrected chi connectivity index (χ0v) is 11.9. The van der Waals surface area contributed by atoms with E-state index in [1.807, 2.05) is 30.9 Å². The first-order chi connectivity index (χ1) is 9.84. The van der Waals surface area contributed by atoms with Gasteiger partial charge in [-0.05, 0) is 18.1 Å². The molecule has 1 unspecified atom stereocenters. The van der Waals surface area contributed by atoms with Gasteiger partial charge in [0.25, 0.3) is 0 Å². The summed E-state index contributed by atoms with van der Waals surface area (Å²) in [6.45, 7) is 4.13. The highest BCUT2D eigenvalue weighted by atomic mass is 15.3. The molecule has 0 aromatic carbocycles. The van der Waals surface area contributed by atoms with E-state index in [4.69, 9.17) is 0 Å². The third kappa shape index (κ3) is 2.89. The largest absolute Gasteiger partial charge is 0.337 e. The van der Waals surface area contributed by atoms with Crippen molar-refractivity contribution in [2.75, 3.05) is 26.2 Å². The van der Waals surface area contributed by atoms with Crippen molar-refractivity contribution in [2.45, 2.75) is 12.5 Å². The Labute approximate surface area is 119 Å². The highest BCUT2D eigenvalue weighted by molar-refractivity contribution is 5.09. The van der Waals surface area contributed by atoms with Crippen LogP contribution >= 0.6 is 0 Å². The van der Waals surface area contributed by atoms with Crippen molar-refractivity contribution >= 4 is 0 Å². The van der Waals surface area contributed by atoms with E-state index in [0.29, 0.717) is 6.04 Å². The molecule has 3 rings (SSSR count). The highest BCUT2D eigenvalue weighted by Gasteiger charge is 2.26. The van der Waals surface area contributed by atoms with Gasteiger partial charge in [0.2, 0.25) is 0 Å². The molecule has 5 nitrogen and oxygen atoms in total. The number of rotatable bonds is 4. The molecule has 0 bridgehead atoms. The molecular formula is C15H21N5. The fourth-order valence-electron chi connectivity index (χ4n) is 2.79. The summed E-state index contributed by atoms with van der Waals surface area (Å²) >= 11 is 0. The van der Waals surface area contributed by atoms with Crippen LogP contribution in [0.2, 0.25) is 0 Å². The average molecular weight is 271 g/mol. The summed E-state index contributed by atoms with van der Waals surface area (Å²) in [5, 5.41) is 3.47. The molecule has 1 atom stereocenters. The monoisotopic (exact) mass is 271 g/mol. The molecule has 20 heavy (non-hydrogen) atoms. The molecule has 1 saturated heterocycles. The molecule has 0 amide bonds. The van der Waals surface area contributed by atoms with Gasteiger partial charge < -0.3 is 9.88 Å². The zero-order valence-electron chi connectivity index (χ0n) is 11.9. The molecule has 3 heterocycles. The number of pyridine rings is 1. The van der Waals surface area contributed by atoms with Crippen LogP contribution in [-0.4, -0.2) is 45.6 Å². The number of nitrogens with zero attached hydrogens (tertiary/aromatic N) is 4. The molecule has 1 N–H and O–H groups in total. The maximum atomic E-state index is 4.51. The molecule has 0 saturated carbocycles. The zero-order chi connectivity index (χ0) is 13.8. The molecule has 1 fully saturated rings. The molecule has 0 spiro atoms. The van der Waals surface area contributed by atoms with Crippen LogP contribution < -0.4 is 5.32 Å². The number of aryl methyl sites for hydroxylation is 1. The van der Waals surface area contributed by atoms with Gasteiger partial charge in [-0.3, -0.25) is 9.88 Å². The minimum atomic E-state index is 0.362. The van der Waals surface area contributed by atoms with Gasteiger partial charge in [-0.25, -0.2) is 4.98 Å². The molecule has 106 valence electrons. The molecule has 0 aliphatic carbocycles. The van der Waals surface area contributed by atoms with E-state index >= 15 is 0 Å². The fourth-order valence-corrected chi connectivity index (χ4v) is 2.79. The summed E-state index contributed by atoms with van der Waals surface area (Å²) in [4.78, 5) is 11.2. The maximum absolute atomic E-state index is 4.51. The number of piperazine rings is 1. The van der Waals surface area contributed by atoms with E-state index < -0.39 is 0 Å². The third-order valence-corrected chi connectivity index (χ3v) is 3.92. The number of imidazole rings is 1. The molecule has 1 aliphatic rings. The standard InChI is InChI=1S/C15H21N5/c1-19-9-7-18-15(19)14-12-17-6-10-20(14)8-4-13-3-2-5-16-11-13/h2-3,5,7,9,11,14,17H,4,6,8,10,12H2,1H3. The van der Waals surface area contributed by atoms with Gasteiger partial charge in [0.15, 0.2) is 0 Å². The van der Waals surface area contributed by atoms with Gasteiger partial charge in [0.1, 0.15) is 5.82 Å². The number of aromatic nitrogens is 3. The van der Waals surface area contributed by atoms with Crippen molar-refractivity contribution < 1.29 is 0 Å². The fraction of sp³-hybridized carbons (Fsp3) is 0.467. The lowest BCUT2D eigenvalue weighted by molar-refractivity contribution is 0.155. The van der Waals surface area contributed by atoms with Crippen molar-refractivity contribution in [3.8, 4) is 0 Å². The summed E-state index contributed by atoms with van der Waals surface area (Å²) in [6, 6.07) is 4.51. The molecule has 5 heteroatoms. The highest BCUT2D eigenvalue weighted by Crippen LogP contribution is 2.20. The molecular weight excluding hydrogens is 250 g/mol. The minimum absolute atomic E-state index is 0.362. The van der Waals surface area contributed by atoms with Crippen molar-refractivity contribution in [2.24, 2.45) is 7.05 Å². The van der Waals surface area contributed by atoms with Crippen LogP contribution in [0.3, 0.4) is 0 Å². The average Bonchev–Trinajstić information content (AvgIpc) is 2.92. The Hall–Kier alpha value is -1.72. The van der Waals surface area contributed by atoms with Gasteiger partial charge >= 0.3 is 0 Å². The maximum Gasteiger partial charge on any atom is 0.127 e. The number of nitrogens with one attached hydrogen (secondary N) is 1. The van der Waals surface area contributed by atoms with Gasteiger partial charge in [-0.1, -0.05) is 6.07 Å². The normalized spacial score (nSPS) is 20.1. The summed E-state index contributed by atoms with van der Waals surface area (Å²) in [5.41, 5.74) is 1.30. The second-order valence-electron chi connectivity index (χ2n) is 5.26. The number of hydrogen-bond donors (Lipinski definition) is 1. The van der Waals surface area contributed by atoms with Crippen LogP contribution in [0.15, 0.2) is 36.9 Å². The molecule has 2 aromatic rings. The van der Waals surface area contributed by atoms with Gasteiger partial charge in [-0.2, -0.15) is 0 Å². The van der Waals surface area contributed by atoms with Gasteiger partial charge in [-0.15, -0.1) is 0 Å². The van der Waals surface area contributed by atoms with E-state index in [9.17, 15) is 0 Å². The van der Waals surface area contributed by atoms with Crippen LogP contribution in [0.25, 0.3) is 0 Å². The van der Waals surface area contributed by atoms with E-state index in [2.05, 4.69) is 37.9 Å². The Morgan fingerprint density at radius 1 is 1.40 bits per heavy atom.